The molecule has 0 saturated carbocycles. The van der Waals surface area contributed by atoms with E-state index in [1.165, 1.54) is 5.56 Å². The Morgan fingerprint density at radius 3 is 2.58 bits per heavy atom. The number of furan rings is 1. The molecule has 7 heteroatoms. The number of carbonyl (C=O) groups is 1. The number of nitrogens with one attached hydrogen (secondary N) is 1. The number of hydrogen-bond acceptors (Lipinski definition) is 6. The van der Waals surface area contributed by atoms with Gasteiger partial charge in [-0.1, -0.05) is 35.5 Å². The molecule has 0 unspecified atom stereocenters. The molecular formula is C26H28N4O3. The lowest BCUT2D eigenvalue weighted by molar-refractivity contribution is 0.0910. The maximum absolute atomic E-state index is 13.4. The number of piperidine rings is 1. The van der Waals surface area contributed by atoms with Crippen molar-refractivity contribution in [1.29, 1.82) is 0 Å². The molecule has 3 aromatic heterocycles. The highest BCUT2D eigenvalue weighted by atomic mass is 16.5. The van der Waals surface area contributed by atoms with Crippen molar-refractivity contribution in [3.05, 3.63) is 70.8 Å². The third-order valence-electron chi connectivity index (χ3n) is 6.35. The summed E-state index contributed by atoms with van der Waals surface area (Å²) in [7, 11) is 0. The normalized spacial score (nSPS) is 15.2. The van der Waals surface area contributed by atoms with Crippen LogP contribution in [0.25, 0.3) is 22.4 Å². The van der Waals surface area contributed by atoms with Gasteiger partial charge < -0.3 is 14.3 Å². The third-order valence-corrected chi connectivity index (χ3v) is 6.35. The number of pyridine rings is 1. The largest absolute Gasteiger partial charge is 0.466 e. The van der Waals surface area contributed by atoms with E-state index < -0.39 is 0 Å². The molecule has 0 bridgehead atoms. The predicted molar refractivity (Wildman–Crippen MR) is 126 cm³/mol. The summed E-state index contributed by atoms with van der Waals surface area (Å²) in [5.74, 6) is 1.44. The van der Waals surface area contributed by atoms with Crippen LogP contribution in [0.5, 0.6) is 0 Å². The lowest BCUT2D eigenvalue weighted by Crippen LogP contribution is -2.44. The molecule has 4 aromatic rings. The van der Waals surface area contributed by atoms with E-state index in [1.54, 1.807) is 0 Å². The molecule has 1 saturated heterocycles. The highest BCUT2D eigenvalue weighted by Crippen LogP contribution is 2.30. The Kier molecular flexibility index (Phi) is 5.72. The van der Waals surface area contributed by atoms with Crippen LogP contribution in [0.3, 0.4) is 0 Å². The Labute approximate surface area is 192 Å². The first-order valence-electron chi connectivity index (χ1n) is 11.4. The number of nitrogens with zero attached hydrogens (tertiary/aromatic N) is 3. The lowest BCUT2D eigenvalue weighted by Gasteiger charge is -2.32. The van der Waals surface area contributed by atoms with Crippen LogP contribution in [0, 0.1) is 20.8 Å². The summed E-state index contributed by atoms with van der Waals surface area (Å²) in [5.41, 5.74) is 4.39. The predicted octanol–water partition coefficient (Wildman–Crippen LogP) is 4.80. The van der Waals surface area contributed by atoms with Crippen molar-refractivity contribution in [2.75, 3.05) is 13.1 Å². The molecule has 0 spiro atoms. The highest BCUT2D eigenvalue weighted by molar-refractivity contribution is 6.07. The monoisotopic (exact) mass is 444 g/mol. The van der Waals surface area contributed by atoms with Crippen molar-refractivity contribution < 1.29 is 13.7 Å². The van der Waals surface area contributed by atoms with E-state index in [2.05, 4.69) is 44.6 Å². The van der Waals surface area contributed by atoms with Crippen molar-refractivity contribution in [3.63, 3.8) is 0 Å². The summed E-state index contributed by atoms with van der Waals surface area (Å²) in [6.45, 7) is 8.47. The standard InChI is InChI=1S/C26H28N4O3/c1-16-13-21(18(3)32-16)23-14-22(24-17(2)29-33-26(24)28-23)25(31)27-20-9-11-30(12-10-20)15-19-7-5-4-6-8-19/h4-8,13-14,20H,9-12,15H2,1-3H3,(H,27,31). The van der Waals surface area contributed by atoms with Crippen LogP contribution in [-0.2, 0) is 6.54 Å². The lowest BCUT2D eigenvalue weighted by atomic mass is 10.0. The molecule has 4 heterocycles. The molecule has 33 heavy (non-hydrogen) atoms. The second-order valence-electron chi connectivity index (χ2n) is 8.84. The van der Waals surface area contributed by atoms with Gasteiger partial charge in [0.1, 0.15) is 11.5 Å². The third kappa shape index (κ3) is 4.41. The molecular weight excluding hydrogens is 416 g/mol. The van der Waals surface area contributed by atoms with E-state index in [9.17, 15) is 4.79 Å². The molecule has 1 N–H and O–H groups in total. The zero-order valence-corrected chi connectivity index (χ0v) is 19.2. The number of aryl methyl sites for hydroxylation is 3. The zero-order chi connectivity index (χ0) is 22.9. The van der Waals surface area contributed by atoms with Crippen molar-refractivity contribution >= 4 is 17.0 Å². The molecule has 7 nitrogen and oxygen atoms in total. The fourth-order valence-electron chi connectivity index (χ4n) is 4.64. The Hall–Kier alpha value is -3.45. The second kappa shape index (κ2) is 8.83. The van der Waals surface area contributed by atoms with Crippen LogP contribution in [-0.4, -0.2) is 40.1 Å². The fourth-order valence-corrected chi connectivity index (χ4v) is 4.64. The maximum Gasteiger partial charge on any atom is 0.259 e. The van der Waals surface area contributed by atoms with Crippen LogP contribution in [0.1, 0.15) is 46.0 Å². The average Bonchev–Trinajstić information content (AvgIpc) is 3.36. The van der Waals surface area contributed by atoms with E-state index >= 15 is 0 Å². The van der Waals surface area contributed by atoms with Gasteiger partial charge in [0, 0.05) is 31.2 Å². The number of benzene rings is 1. The van der Waals surface area contributed by atoms with E-state index in [4.69, 9.17) is 8.94 Å². The molecule has 0 atom stereocenters. The Balaban J connectivity index is 1.33. The number of hydrogen-bond donors (Lipinski definition) is 1. The Morgan fingerprint density at radius 1 is 1.12 bits per heavy atom. The number of carbonyl (C=O) groups excluding carboxylic acids is 1. The van der Waals surface area contributed by atoms with Gasteiger partial charge in [0.15, 0.2) is 0 Å². The Morgan fingerprint density at radius 2 is 1.88 bits per heavy atom. The van der Waals surface area contributed by atoms with Gasteiger partial charge in [-0.15, -0.1) is 0 Å². The van der Waals surface area contributed by atoms with E-state index in [0.717, 1.165) is 49.6 Å². The minimum absolute atomic E-state index is 0.116. The summed E-state index contributed by atoms with van der Waals surface area (Å²) in [4.78, 5) is 20.4. The number of likely N-dealkylation sites (tertiary alicyclic amines) is 1. The van der Waals surface area contributed by atoms with Crippen molar-refractivity contribution in [1.82, 2.24) is 20.4 Å². The van der Waals surface area contributed by atoms with Gasteiger partial charge in [-0.25, -0.2) is 4.98 Å². The van der Waals surface area contributed by atoms with Gasteiger partial charge in [-0.05, 0) is 51.3 Å². The molecule has 5 rings (SSSR count). The van der Waals surface area contributed by atoms with Crippen LogP contribution in [0.15, 0.2) is 51.4 Å². The summed E-state index contributed by atoms with van der Waals surface area (Å²) < 4.78 is 11.1. The van der Waals surface area contributed by atoms with Crippen molar-refractivity contribution in [2.45, 2.75) is 46.2 Å². The SMILES string of the molecule is Cc1cc(-c2cc(C(=O)NC3CCN(Cc4ccccc4)CC3)c3c(C)noc3n2)c(C)o1. The number of fused-ring (bicyclic) bond motifs is 1. The highest BCUT2D eigenvalue weighted by Gasteiger charge is 2.25. The first-order chi connectivity index (χ1) is 16.0. The average molecular weight is 445 g/mol. The quantitative estimate of drug-likeness (QED) is 0.476. The number of aromatic nitrogens is 2. The molecule has 1 amide bonds. The van der Waals surface area contributed by atoms with Crippen LogP contribution >= 0.6 is 0 Å². The van der Waals surface area contributed by atoms with Gasteiger partial charge in [-0.3, -0.25) is 9.69 Å². The topological polar surface area (TPSA) is 84.4 Å². The van der Waals surface area contributed by atoms with Gasteiger partial charge in [0.25, 0.3) is 11.6 Å². The summed E-state index contributed by atoms with van der Waals surface area (Å²) in [5, 5.41) is 7.95. The van der Waals surface area contributed by atoms with Gasteiger partial charge in [0.2, 0.25) is 0 Å². The van der Waals surface area contributed by atoms with E-state index in [0.29, 0.717) is 28.1 Å². The minimum Gasteiger partial charge on any atom is -0.466 e. The molecule has 1 aliphatic heterocycles. The number of rotatable bonds is 5. The fraction of sp³-hybridized carbons (Fsp3) is 0.346. The summed E-state index contributed by atoms with van der Waals surface area (Å²) in [6, 6.07) is 14.4. The van der Waals surface area contributed by atoms with Crippen LogP contribution in [0.4, 0.5) is 0 Å². The van der Waals surface area contributed by atoms with Gasteiger partial charge >= 0.3 is 0 Å². The molecule has 1 aromatic carbocycles. The Bertz CT molecular complexity index is 1280. The smallest absolute Gasteiger partial charge is 0.259 e. The molecule has 170 valence electrons. The van der Waals surface area contributed by atoms with E-state index in [-0.39, 0.29) is 11.9 Å². The van der Waals surface area contributed by atoms with Crippen molar-refractivity contribution in [3.8, 4) is 11.3 Å². The second-order valence-corrected chi connectivity index (χ2v) is 8.84. The molecule has 1 aliphatic rings. The van der Waals surface area contributed by atoms with Crippen LogP contribution < -0.4 is 5.32 Å². The molecule has 0 aliphatic carbocycles. The zero-order valence-electron chi connectivity index (χ0n) is 19.2. The number of amides is 1. The first kappa shape index (κ1) is 21.4. The van der Waals surface area contributed by atoms with Crippen molar-refractivity contribution in [2.24, 2.45) is 0 Å². The molecule has 0 radical (unpaired) electrons. The summed E-state index contributed by atoms with van der Waals surface area (Å²) in [6.07, 6.45) is 1.84. The summed E-state index contributed by atoms with van der Waals surface area (Å²) >= 11 is 0. The maximum atomic E-state index is 13.4. The minimum atomic E-state index is -0.116. The molecule has 1 fully saturated rings. The van der Waals surface area contributed by atoms with Crippen LogP contribution in [0.2, 0.25) is 0 Å². The van der Waals surface area contributed by atoms with E-state index in [1.807, 2.05) is 39.0 Å². The van der Waals surface area contributed by atoms with Gasteiger partial charge in [0.05, 0.1) is 22.3 Å². The first-order valence-corrected chi connectivity index (χ1v) is 11.4. The van der Waals surface area contributed by atoms with Gasteiger partial charge in [-0.2, -0.15) is 0 Å².